The standard InChI is InChI=1S/C14H18ClF3S/c1-9(2)8-19-10(3)7-11-5-4-6-12(13(11)15)14(16,17)18/h4-6,9-10H,7-8H2,1-3H3. The van der Waals surface area contributed by atoms with E-state index in [2.05, 4.69) is 13.8 Å². The summed E-state index contributed by atoms with van der Waals surface area (Å²) in [7, 11) is 0. The summed E-state index contributed by atoms with van der Waals surface area (Å²) >= 11 is 7.63. The van der Waals surface area contributed by atoms with Crippen molar-refractivity contribution in [1.29, 1.82) is 0 Å². The van der Waals surface area contributed by atoms with Gasteiger partial charge in [0.2, 0.25) is 0 Å². The topological polar surface area (TPSA) is 0 Å². The van der Waals surface area contributed by atoms with Crippen LogP contribution in [0, 0.1) is 5.92 Å². The van der Waals surface area contributed by atoms with E-state index in [1.807, 2.05) is 6.92 Å². The molecule has 0 heterocycles. The van der Waals surface area contributed by atoms with E-state index in [0.29, 0.717) is 17.9 Å². The molecule has 0 aliphatic heterocycles. The normalized spacial score (nSPS) is 13.9. The van der Waals surface area contributed by atoms with Crippen molar-refractivity contribution in [3.8, 4) is 0 Å². The van der Waals surface area contributed by atoms with Gasteiger partial charge in [0.25, 0.3) is 0 Å². The van der Waals surface area contributed by atoms with Crippen LogP contribution in [-0.4, -0.2) is 11.0 Å². The lowest BCUT2D eigenvalue weighted by atomic mass is 10.1. The molecule has 0 aliphatic carbocycles. The van der Waals surface area contributed by atoms with Gasteiger partial charge < -0.3 is 0 Å². The maximum atomic E-state index is 12.7. The molecular formula is C14H18ClF3S. The second-order valence-corrected chi connectivity index (χ2v) is 6.87. The number of rotatable bonds is 5. The fourth-order valence-electron chi connectivity index (χ4n) is 1.68. The zero-order chi connectivity index (χ0) is 14.6. The number of alkyl halides is 3. The van der Waals surface area contributed by atoms with Gasteiger partial charge in [0.1, 0.15) is 0 Å². The Morgan fingerprint density at radius 3 is 2.37 bits per heavy atom. The van der Waals surface area contributed by atoms with Gasteiger partial charge in [0.15, 0.2) is 0 Å². The monoisotopic (exact) mass is 310 g/mol. The zero-order valence-corrected chi connectivity index (χ0v) is 12.8. The van der Waals surface area contributed by atoms with Crippen molar-refractivity contribution in [2.24, 2.45) is 5.92 Å². The van der Waals surface area contributed by atoms with Gasteiger partial charge in [-0.2, -0.15) is 24.9 Å². The second kappa shape index (κ2) is 6.89. The number of hydrogen-bond donors (Lipinski definition) is 0. The maximum absolute atomic E-state index is 12.7. The van der Waals surface area contributed by atoms with Crippen molar-refractivity contribution in [3.63, 3.8) is 0 Å². The summed E-state index contributed by atoms with van der Waals surface area (Å²) in [6, 6.07) is 4.12. The van der Waals surface area contributed by atoms with Crippen LogP contribution in [-0.2, 0) is 12.6 Å². The molecular weight excluding hydrogens is 293 g/mol. The Labute approximate surface area is 121 Å². The fourth-order valence-corrected chi connectivity index (χ4v) is 3.00. The minimum Gasteiger partial charge on any atom is -0.166 e. The van der Waals surface area contributed by atoms with E-state index in [4.69, 9.17) is 11.6 Å². The van der Waals surface area contributed by atoms with Crippen LogP contribution in [0.4, 0.5) is 13.2 Å². The average molecular weight is 311 g/mol. The number of benzene rings is 1. The molecule has 19 heavy (non-hydrogen) atoms. The minimum atomic E-state index is -4.39. The summed E-state index contributed by atoms with van der Waals surface area (Å²) in [6.07, 6.45) is -3.83. The summed E-state index contributed by atoms with van der Waals surface area (Å²) in [5, 5.41) is 0.0929. The SMILES string of the molecule is CC(C)CSC(C)Cc1cccc(C(F)(F)F)c1Cl. The van der Waals surface area contributed by atoms with Crippen molar-refractivity contribution in [2.45, 2.75) is 38.6 Å². The molecule has 0 aromatic heterocycles. The van der Waals surface area contributed by atoms with E-state index < -0.39 is 11.7 Å². The molecule has 0 fully saturated rings. The van der Waals surface area contributed by atoms with Gasteiger partial charge in [-0.25, -0.2) is 0 Å². The molecule has 0 bridgehead atoms. The zero-order valence-electron chi connectivity index (χ0n) is 11.2. The summed E-state index contributed by atoms with van der Waals surface area (Å²) in [5.74, 6) is 1.57. The molecule has 0 saturated carbocycles. The Morgan fingerprint density at radius 2 is 1.84 bits per heavy atom. The molecule has 1 rings (SSSR count). The maximum Gasteiger partial charge on any atom is 0.417 e. The summed E-state index contributed by atoms with van der Waals surface area (Å²) in [5.41, 5.74) is -0.173. The average Bonchev–Trinajstić information content (AvgIpc) is 2.27. The van der Waals surface area contributed by atoms with Gasteiger partial charge in [-0.3, -0.25) is 0 Å². The summed E-state index contributed by atoms with van der Waals surface area (Å²) in [6.45, 7) is 6.26. The van der Waals surface area contributed by atoms with Crippen LogP contribution >= 0.6 is 23.4 Å². The van der Waals surface area contributed by atoms with Gasteiger partial charge in [-0.05, 0) is 29.7 Å². The van der Waals surface area contributed by atoms with Crippen molar-refractivity contribution < 1.29 is 13.2 Å². The van der Waals surface area contributed by atoms with Crippen LogP contribution in [0.2, 0.25) is 5.02 Å². The highest BCUT2D eigenvalue weighted by atomic mass is 35.5. The fraction of sp³-hybridized carbons (Fsp3) is 0.571. The molecule has 0 radical (unpaired) electrons. The highest BCUT2D eigenvalue weighted by molar-refractivity contribution is 7.99. The first-order valence-electron chi connectivity index (χ1n) is 6.18. The van der Waals surface area contributed by atoms with Crippen LogP contribution < -0.4 is 0 Å². The molecule has 0 saturated heterocycles. The molecule has 1 unspecified atom stereocenters. The van der Waals surface area contributed by atoms with Gasteiger partial charge >= 0.3 is 6.18 Å². The number of hydrogen-bond acceptors (Lipinski definition) is 1. The molecule has 0 amide bonds. The van der Waals surface area contributed by atoms with E-state index in [1.165, 1.54) is 6.07 Å². The molecule has 0 nitrogen and oxygen atoms in total. The summed E-state index contributed by atoms with van der Waals surface area (Å²) < 4.78 is 38.2. The Balaban J connectivity index is 2.79. The molecule has 0 N–H and O–H groups in total. The Hall–Kier alpha value is -0.350. The van der Waals surface area contributed by atoms with Crippen LogP contribution in [0.15, 0.2) is 18.2 Å². The Kier molecular flexibility index (Phi) is 6.06. The van der Waals surface area contributed by atoms with E-state index in [1.54, 1.807) is 17.8 Å². The number of thioether (sulfide) groups is 1. The van der Waals surface area contributed by atoms with Gasteiger partial charge in [-0.15, -0.1) is 0 Å². The lowest BCUT2D eigenvalue weighted by Gasteiger charge is -2.16. The van der Waals surface area contributed by atoms with Crippen LogP contribution in [0.1, 0.15) is 31.9 Å². The van der Waals surface area contributed by atoms with Gasteiger partial charge in [0, 0.05) is 5.25 Å². The first-order chi connectivity index (χ1) is 8.71. The molecule has 1 atom stereocenters. The van der Waals surface area contributed by atoms with Crippen LogP contribution in [0.25, 0.3) is 0 Å². The van der Waals surface area contributed by atoms with Crippen molar-refractivity contribution in [2.75, 3.05) is 5.75 Å². The molecule has 0 aliphatic rings. The molecule has 1 aromatic rings. The highest BCUT2D eigenvalue weighted by Gasteiger charge is 2.33. The first-order valence-corrected chi connectivity index (χ1v) is 7.60. The Bertz CT molecular complexity index is 416. The third-order valence-corrected chi connectivity index (χ3v) is 4.65. The molecule has 108 valence electrons. The predicted molar refractivity (Wildman–Crippen MR) is 76.9 cm³/mol. The quantitative estimate of drug-likeness (QED) is 0.674. The highest BCUT2D eigenvalue weighted by Crippen LogP contribution is 2.37. The molecule has 5 heteroatoms. The minimum absolute atomic E-state index is 0.160. The second-order valence-electron chi connectivity index (χ2n) is 5.02. The van der Waals surface area contributed by atoms with E-state index in [0.717, 1.165) is 11.8 Å². The van der Waals surface area contributed by atoms with Crippen molar-refractivity contribution in [3.05, 3.63) is 34.3 Å². The predicted octanol–water partition coefficient (Wildman–Crippen LogP) is 5.68. The third-order valence-electron chi connectivity index (χ3n) is 2.61. The lowest BCUT2D eigenvalue weighted by molar-refractivity contribution is -0.137. The van der Waals surface area contributed by atoms with E-state index >= 15 is 0 Å². The lowest BCUT2D eigenvalue weighted by Crippen LogP contribution is -2.10. The summed E-state index contributed by atoms with van der Waals surface area (Å²) in [4.78, 5) is 0. The third kappa shape index (κ3) is 5.27. The van der Waals surface area contributed by atoms with Crippen molar-refractivity contribution >= 4 is 23.4 Å². The molecule has 1 aromatic carbocycles. The first kappa shape index (κ1) is 16.7. The smallest absolute Gasteiger partial charge is 0.166 e. The largest absolute Gasteiger partial charge is 0.417 e. The molecule has 0 spiro atoms. The van der Waals surface area contributed by atoms with E-state index in [9.17, 15) is 13.2 Å². The number of halogens is 4. The van der Waals surface area contributed by atoms with Crippen molar-refractivity contribution in [1.82, 2.24) is 0 Å². The Morgan fingerprint density at radius 1 is 1.21 bits per heavy atom. The van der Waals surface area contributed by atoms with Crippen LogP contribution in [0.5, 0.6) is 0 Å². The van der Waals surface area contributed by atoms with Gasteiger partial charge in [-0.1, -0.05) is 44.5 Å². The van der Waals surface area contributed by atoms with E-state index in [-0.39, 0.29) is 10.3 Å². The van der Waals surface area contributed by atoms with Crippen LogP contribution in [0.3, 0.4) is 0 Å². The van der Waals surface area contributed by atoms with Gasteiger partial charge in [0.05, 0.1) is 10.6 Å².